The fourth-order valence-electron chi connectivity index (χ4n) is 2.41. The molecule has 0 saturated carbocycles. The van der Waals surface area contributed by atoms with Crippen LogP contribution in [0, 0.1) is 0 Å². The Bertz CT molecular complexity index is 661. The second kappa shape index (κ2) is 6.51. The van der Waals surface area contributed by atoms with Crippen LogP contribution in [0.25, 0.3) is 0 Å². The highest BCUT2D eigenvalue weighted by Gasteiger charge is 2.49. The lowest BCUT2D eigenvalue weighted by Gasteiger charge is -2.29. The third-order valence-electron chi connectivity index (χ3n) is 3.55. The number of nitrogens with zero attached hydrogens (tertiary/aromatic N) is 1. The quantitative estimate of drug-likeness (QED) is 0.858. The van der Waals surface area contributed by atoms with Gasteiger partial charge in [-0.1, -0.05) is 5.16 Å². The minimum Gasteiger partial charge on any atom is -0.497 e. The molecule has 1 aromatic rings. The number of rotatable bonds is 5. The lowest BCUT2D eigenvalue weighted by atomic mass is 9.89. The van der Waals surface area contributed by atoms with Crippen molar-refractivity contribution in [1.29, 1.82) is 0 Å². The van der Waals surface area contributed by atoms with Gasteiger partial charge in [-0.3, -0.25) is 9.59 Å². The Morgan fingerprint density at radius 2 is 1.96 bits per heavy atom. The number of carbonyl (C=O) groups is 2. The minimum atomic E-state index is -1.53. The van der Waals surface area contributed by atoms with Crippen LogP contribution in [0.15, 0.2) is 29.4 Å². The molecule has 0 aromatic heterocycles. The maximum atomic E-state index is 12.6. The zero-order valence-electron chi connectivity index (χ0n) is 14.3. The van der Waals surface area contributed by atoms with Gasteiger partial charge in [-0.05, 0) is 50.6 Å². The summed E-state index contributed by atoms with van der Waals surface area (Å²) in [5.41, 5.74) is -0.752. The monoisotopic (exact) mass is 334 g/mol. The molecule has 0 bridgehead atoms. The molecule has 0 saturated heterocycles. The van der Waals surface area contributed by atoms with Crippen LogP contribution in [0.5, 0.6) is 5.75 Å². The predicted octanol–water partition coefficient (Wildman–Crippen LogP) is 1.95. The molecule has 7 nitrogen and oxygen atoms in total. The molecule has 0 fully saturated rings. The molecule has 0 spiro atoms. The van der Waals surface area contributed by atoms with Gasteiger partial charge < -0.3 is 20.0 Å². The first-order chi connectivity index (χ1) is 11.1. The third-order valence-corrected chi connectivity index (χ3v) is 3.55. The fourth-order valence-corrected chi connectivity index (χ4v) is 2.41. The van der Waals surface area contributed by atoms with E-state index in [1.54, 1.807) is 31.4 Å². The standard InChI is InChI=1S/C17H22N2O5/c1-16(2,3)18-15(22)17(10-14(20)21)9-13(19-24-17)11-5-7-12(23-4)8-6-11/h5-8H,9-10H2,1-4H3,(H,18,22)(H,20,21). The van der Waals surface area contributed by atoms with Crippen molar-refractivity contribution in [3.8, 4) is 5.75 Å². The SMILES string of the molecule is COc1ccc(C2=NOC(CC(=O)O)(C(=O)NC(C)(C)C)C2)cc1. The van der Waals surface area contributed by atoms with Crippen molar-refractivity contribution < 1.29 is 24.3 Å². The van der Waals surface area contributed by atoms with E-state index in [1.807, 2.05) is 20.8 Å². The number of carboxylic acids is 1. The van der Waals surface area contributed by atoms with Crippen LogP contribution in [-0.4, -0.2) is 40.9 Å². The second-order valence-corrected chi connectivity index (χ2v) is 6.80. The second-order valence-electron chi connectivity index (χ2n) is 6.80. The summed E-state index contributed by atoms with van der Waals surface area (Å²) in [6.07, 6.45) is -0.369. The van der Waals surface area contributed by atoms with Crippen LogP contribution >= 0.6 is 0 Å². The summed E-state index contributed by atoms with van der Waals surface area (Å²) in [5, 5.41) is 15.9. The van der Waals surface area contributed by atoms with Crippen LogP contribution in [0.4, 0.5) is 0 Å². The van der Waals surface area contributed by atoms with E-state index in [-0.39, 0.29) is 6.42 Å². The summed E-state index contributed by atoms with van der Waals surface area (Å²) < 4.78 is 5.11. The highest BCUT2D eigenvalue weighted by atomic mass is 16.7. The summed E-state index contributed by atoms with van der Waals surface area (Å²) in [6.45, 7) is 5.46. The molecule has 2 rings (SSSR count). The summed E-state index contributed by atoms with van der Waals surface area (Å²) in [6, 6.07) is 7.12. The van der Waals surface area contributed by atoms with Crippen LogP contribution in [-0.2, 0) is 14.4 Å². The van der Waals surface area contributed by atoms with Crippen molar-refractivity contribution in [2.45, 2.75) is 44.8 Å². The number of ether oxygens (including phenoxy) is 1. The van der Waals surface area contributed by atoms with Gasteiger partial charge in [0.15, 0.2) is 0 Å². The summed E-state index contributed by atoms with van der Waals surface area (Å²) in [5.74, 6) is -0.907. The zero-order chi connectivity index (χ0) is 18.0. The number of carboxylic acid groups (broad SMARTS) is 1. The van der Waals surface area contributed by atoms with Crippen molar-refractivity contribution in [1.82, 2.24) is 5.32 Å². The van der Waals surface area contributed by atoms with Crippen molar-refractivity contribution in [2.75, 3.05) is 7.11 Å². The highest BCUT2D eigenvalue weighted by Crippen LogP contribution is 2.31. The zero-order valence-corrected chi connectivity index (χ0v) is 14.3. The smallest absolute Gasteiger partial charge is 0.308 e. The molecule has 2 N–H and O–H groups in total. The summed E-state index contributed by atoms with van der Waals surface area (Å²) in [7, 11) is 1.57. The molecule has 130 valence electrons. The average Bonchev–Trinajstić information content (AvgIpc) is 2.90. The Kier molecular flexibility index (Phi) is 4.82. The van der Waals surface area contributed by atoms with Crippen LogP contribution in [0.3, 0.4) is 0 Å². The number of hydrogen-bond acceptors (Lipinski definition) is 5. The van der Waals surface area contributed by atoms with E-state index >= 15 is 0 Å². The Labute approximate surface area is 140 Å². The topological polar surface area (TPSA) is 97.2 Å². The minimum absolute atomic E-state index is 0.0908. The first-order valence-corrected chi connectivity index (χ1v) is 7.59. The molecule has 1 unspecified atom stereocenters. The van der Waals surface area contributed by atoms with Crippen molar-refractivity contribution in [2.24, 2.45) is 5.16 Å². The van der Waals surface area contributed by atoms with Crippen LogP contribution in [0.1, 0.15) is 39.2 Å². The molecule has 0 aliphatic carbocycles. The first kappa shape index (κ1) is 17.8. The number of nitrogens with one attached hydrogen (secondary N) is 1. The molecule has 1 aliphatic rings. The Morgan fingerprint density at radius 3 is 2.46 bits per heavy atom. The highest BCUT2D eigenvalue weighted by molar-refractivity contribution is 6.06. The van der Waals surface area contributed by atoms with E-state index in [0.717, 1.165) is 5.56 Å². The lowest BCUT2D eigenvalue weighted by Crippen LogP contribution is -2.54. The molecule has 1 aliphatic heterocycles. The van der Waals surface area contributed by atoms with E-state index in [2.05, 4.69) is 10.5 Å². The number of carbonyl (C=O) groups excluding carboxylic acids is 1. The van der Waals surface area contributed by atoms with Gasteiger partial charge in [0.25, 0.3) is 5.91 Å². The van der Waals surface area contributed by atoms with Gasteiger partial charge >= 0.3 is 5.97 Å². The fraction of sp³-hybridized carbons (Fsp3) is 0.471. The van der Waals surface area contributed by atoms with Gasteiger partial charge in [-0.2, -0.15) is 0 Å². The molecule has 1 amide bonds. The number of methoxy groups -OCH3 is 1. The molecule has 1 atom stereocenters. The molecule has 0 radical (unpaired) electrons. The van der Waals surface area contributed by atoms with E-state index in [0.29, 0.717) is 11.5 Å². The molecule has 24 heavy (non-hydrogen) atoms. The maximum Gasteiger partial charge on any atom is 0.308 e. The maximum absolute atomic E-state index is 12.6. The van der Waals surface area contributed by atoms with Crippen molar-refractivity contribution >= 4 is 17.6 Å². The van der Waals surface area contributed by atoms with Gasteiger partial charge in [0.2, 0.25) is 5.60 Å². The Hall–Kier alpha value is -2.57. The molecule has 7 heteroatoms. The van der Waals surface area contributed by atoms with Gasteiger partial charge in [-0.25, -0.2) is 0 Å². The van der Waals surface area contributed by atoms with E-state index in [4.69, 9.17) is 9.57 Å². The predicted molar refractivity (Wildman–Crippen MR) is 88.1 cm³/mol. The lowest BCUT2D eigenvalue weighted by molar-refractivity contribution is -0.157. The molecular weight excluding hydrogens is 312 g/mol. The van der Waals surface area contributed by atoms with Crippen molar-refractivity contribution in [3.05, 3.63) is 29.8 Å². The van der Waals surface area contributed by atoms with Gasteiger partial charge in [0, 0.05) is 12.0 Å². The number of amides is 1. The molecular formula is C17H22N2O5. The van der Waals surface area contributed by atoms with E-state index < -0.39 is 29.4 Å². The van der Waals surface area contributed by atoms with Gasteiger partial charge in [0.1, 0.15) is 5.75 Å². The molecule has 1 heterocycles. The normalized spacial score (nSPS) is 20.1. The largest absolute Gasteiger partial charge is 0.497 e. The number of benzene rings is 1. The Morgan fingerprint density at radius 1 is 1.33 bits per heavy atom. The molecule has 1 aromatic carbocycles. The van der Waals surface area contributed by atoms with E-state index in [1.165, 1.54) is 0 Å². The summed E-state index contributed by atoms with van der Waals surface area (Å²) >= 11 is 0. The van der Waals surface area contributed by atoms with Crippen molar-refractivity contribution in [3.63, 3.8) is 0 Å². The van der Waals surface area contributed by atoms with Crippen LogP contribution < -0.4 is 10.1 Å². The van der Waals surface area contributed by atoms with E-state index in [9.17, 15) is 14.7 Å². The first-order valence-electron chi connectivity index (χ1n) is 7.59. The number of aliphatic carboxylic acids is 1. The van der Waals surface area contributed by atoms with Gasteiger partial charge in [0.05, 0.1) is 19.2 Å². The average molecular weight is 334 g/mol. The Balaban J connectivity index is 2.23. The summed E-state index contributed by atoms with van der Waals surface area (Å²) in [4.78, 5) is 29.2. The third kappa shape index (κ3) is 4.04. The number of hydrogen-bond donors (Lipinski definition) is 2. The number of oxime groups is 1. The van der Waals surface area contributed by atoms with Gasteiger partial charge in [-0.15, -0.1) is 0 Å². The van der Waals surface area contributed by atoms with Crippen LogP contribution in [0.2, 0.25) is 0 Å².